The summed E-state index contributed by atoms with van der Waals surface area (Å²) in [7, 11) is 0. The summed E-state index contributed by atoms with van der Waals surface area (Å²) >= 11 is 0. The molecule has 130 valence electrons. The van der Waals surface area contributed by atoms with Gasteiger partial charge in [-0.3, -0.25) is 9.59 Å². The van der Waals surface area contributed by atoms with Gasteiger partial charge in [0.05, 0.1) is 0 Å². The van der Waals surface area contributed by atoms with Crippen molar-refractivity contribution >= 4 is 11.6 Å². The number of ketones is 2. The second-order valence-corrected chi connectivity index (χ2v) is 10.2. The van der Waals surface area contributed by atoms with Gasteiger partial charge in [-0.1, -0.05) is 53.7 Å². The van der Waals surface area contributed by atoms with Crippen LogP contribution in [0.3, 0.4) is 0 Å². The molecule has 2 heteroatoms. The number of allylic oxidation sites excluding steroid dienone is 4. The van der Waals surface area contributed by atoms with Crippen LogP contribution < -0.4 is 0 Å². The van der Waals surface area contributed by atoms with Crippen LogP contribution in [0.2, 0.25) is 0 Å². The van der Waals surface area contributed by atoms with Crippen molar-refractivity contribution < 1.29 is 9.59 Å². The summed E-state index contributed by atoms with van der Waals surface area (Å²) in [4.78, 5) is 25.9. The summed E-state index contributed by atoms with van der Waals surface area (Å²) in [6.45, 7) is 13.2. The molecule has 0 saturated heterocycles. The van der Waals surface area contributed by atoms with Gasteiger partial charge in [0, 0.05) is 10.8 Å². The van der Waals surface area contributed by atoms with Crippen molar-refractivity contribution in [3.63, 3.8) is 0 Å². The van der Waals surface area contributed by atoms with Crippen LogP contribution in [0.4, 0.5) is 0 Å². The van der Waals surface area contributed by atoms with E-state index in [0.717, 1.165) is 36.8 Å². The Morgan fingerprint density at radius 2 is 1.04 bits per heavy atom. The number of Topliss-reactive ketones (excluding diaryl/α,β-unsaturated/α-hetero) is 2. The molecule has 0 heterocycles. The lowest BCUT2D eigenvalue weighted by Gasteiger charge is -2.31. The molecule has 0 spiro atoms. The topological polar surface area (TPSA) is 34.1 Å². The highest BCUT2D eigenvalue weighted by Crippen LogP contribution is 2.67. The SMILES string of the molecule is CC1(C)[C@H]2CC[C@@]1(C)C(=O)/C2=C\C=C1/C(=O)[C@@]2(C)CC[C@H]1C2(C)C. The normalized spacial score (nSPS) is 48.2. The average molecular weight is 326 g/mol. The minimum absolute atomic E-state index is 0.0400. The Balaban J connectivity index is 1.74. The molecule has 2 nitrogen and oxygen atoms in total. The van der Waals surface area contributed by atoms with E-state index in [1.807, 2.05) is 12.2 Å². The summed E-state index contributed by atoms with van der Waals surface area (Å²) in [6.07, 6.45) is 8.25. The second kappa shape index (κ2) is 4.31. The molecule has 0 aliphatic heterocycles. The zero-order valence-corrected chi connectivity index (χ0v) is 16.0. The standard InChI is InChI=1S/C22H30O2/c1-19(2)15-9-11-21(19,5)17(23)13(15)7-8-14-16-10-12-22(6,18(14)24)20(16,3)4/h7-8,15-16H,9-12H2,1-6H3/b13-7-,14-8-/t15-,16+,21-,22+. The largest absolute Gasteiger partial charge is 0.294 e. The van der Waals surface area contributed by atoms with Gasteiger partial charge in [-0.25, -0.2) is 0 Å². The van der Waals surface area contributed by atoms with E-state index in [9.17, 15) is 9.59 Å². The minimum Gasteiger partial charge on any atom is -0.294 e. The van der Waals surface area contributed by atoms with Gasteiger partial charge in [-0.15, -0.1) is 0 Å². The fourth-order valence-electron chi connectivity index (χ4n) is 6.42. The summed E-state index contributed by atoms with van der Waals surface area (Å²) in [5, 5.41) is 0. The maximum absolute atomic E-state index is 13.0. The molecule has 0 radical (unpaired) electrons. The van der Waals surface area contributed by atoms with E-state index in [4.69, 9.17) is 0 Å². The number of carbonyl (C=O) groups is 2. The van der Waals surface area contributed by atoms with E-state index in [2.05, 4.69) is 41.5 Å². The lowest BCUT2D eigenvalue weighted by Crippen LogP contribution is -2.32. The average Bonchev–Trinajstić information content (AvgIpc) is 2.97. The Bertz CT molecular complexity index is 658. The summed E-state index contributed by atoms with van der Waals surface area (Å²) < 4.78 is 0. The highest BCUT2D eigenvalue weighted by Gasteiger charge is 2.65. The van der Waals surface area contributed by atoms with Crippen LogP contribution >= 0.6 is 0 Å². The molecule has 4 aliphatic carbocycles. The molecule has 4 aliphatic rings. The van der Waals surface area contributed by atoms with Gasteiger partial charge in [-0.05, 0) is 59.5 Å². The predicted octanol–water partition coefficient (Wildman–Crippen LogP) is 4.89. The van der Waals surface area contributed by atoms with Gasteiger partial charge in [-0.2, -0.15) is 0 Å². The number of hydrogen-bond acceptors (Lipinski definition) is 2. The molecule has 0 aromatic heterocycles. The summed E-state index contributed by atoms with van der Waals surface area (Å²) in [6, 6.07) is 0. The Morgan fingerprint density at radius 3 is 1.29 bits per heavy atom. The fourth-order valence-corrected chi connectivity index (χ4v) is 6.42. The van der Waals surface area contributed by atoms with Gasteiger partial charge in [0.2, 0.25) is 0 Å². The Hall–Kier alpha value is -1.18. The summed E-state index contributed by atoms with van der Waals surface area (Å²) in [5.41, 5.74) is 1.59. The van der Waals surface area contributed by atoms with Crippen molar-refractivity contribution in [2.24, 2.45) is 33.5 Å². The molecule has 4 bridgehead atoms. The van der Waals surface area contributed by atoms with Gasteiger partial charge in [0.15, 0.2) is 11.6 Å². The van der Waals surface area contributed by atoms with Crippen molar-refractivity contribution in [1.82, 2.24) is 0 Å². The molecule has 0 aromatic rings. The van der Waals surface area contributed by atoms with Crippen LogP contribution in [-0.2, 0) is 9.59 Å². The zero-order valence-electron chi connectivity index (χ0n) is 16.0. The van der Waals surface area contributed by atoms with E-state index in [-0.39, 0.29) is 21.7 Å². The van der Waals surface area contributed by atoms with Gasteiger partial charge >= 0.3 is 0 Å². The van der Waals surface area contributed by atoms with Crippen LogP contribution in [0, 0.1) is 33.5 Å². The maximum atomic E-state index is 13.0. The Morgan fingerprint density at radius 1 is 0.708 bits per heavy atom. The van der Waals surface area contributed by atoms with Crippen LogP contribution in [-0.4, -0.2) is 11.6 Å². The molecule has 0 N–H and O–H groups in total. The summed E-state index contributed by atoms with van der Waals surface area (Å²) in [5.74, 6) is 1.34. The Labute approximate surface area is 145 Å². The van der Waals surface area contributed by atoms with E-state index in [1.54, 1.807) is 0 Å². The third-order valence-corrected chi connectivity index (χ3v) is 9.17. The van der Waals surface area contributed by atoms with E-state index in [0.29, 0.717) is 23.4 Å². The predicted molar refractivity (Wildman–Crippen MR) is 95.4 cm³/mol. The fraction of sp³-hybridized carbons (Fsp3) is 0.727. The van der Waals surface area contributed by atoms with Crippen LogP contribution in [0.15, 0.2) is 23.3 Å². The first-order chi connectivity index (χ1) is 11.0. The lowest BCUT2D eigenvalue weighted by atomic mass is 9.70. The van der Waals surface area contributed by atoms with Gasteiger partial charge in [0.1, 0.15) is 0 Å². The monoisotopic (exact) mass is 326 g/mol. The van der Waals surface area contributed by atoms with Gasteiger partial charge < -0.3 is 0 Å². The smallest absolute Gasteiger partial charge is 0.165 e. The third kappa shape index (κ3) is 1.50. The quantitative estimate of drug-likeness (QED) is 0.643. The van der Waals surface area contributed by atoms with Crippen molar-refractivity contribution in [2.75, 3.05) is 0 Å². The van der Waals surface area contributed by atoms with Crippen LogP contribution in [0.1, 0.15) is 67.2 Å². The molecule has 4 fully saturated rings. The van der Waals surface area contributed by atoms with Crippen molar-refractivity contribution in [3.05, 3.63) is 23.3 Å². The number of carbonyl (C=O) groups excluding carboxylic acids is 2. The second-order valence-electron chi connectivity index (χ2n) is 10.2. The number of rotatable bonds is 1. The first kappa shape index (κ1) is 16.3. The number of fused-ring (bicyclic) bond motifs is 4. The molecular formula is C22H30O2. The van der Waals surface area contributed by atoms with Gasteiger partial charge in [0.25, 0.3) is 0 Å². The van der Waals surface area contributed by atoms with Crippen LogP contribution in [0.25, 0.3) is 0 Å². The maximum Gasteiger partial charge on any atom is 0.165 e. The van der Waals surface area contributed by atoms with E-state index < -0.39 is 0 Å². The molecule has 4 saturated carbocycles. The molecule has 4 rings (SSSR count). The molecular weight excluding hydrogens is 296 g/mol. The molecule has 24 heavy (non-hydrogen) atoms. The lowest BCUT2D eigenvalue weighted by molar-refractivity contribution is -0.126. The van der Waals surface area contributed by atoms with Crippen molar-refractivity contribution in [3.8, 4) is 0 Å². The van der Waals surface area contributed by atoms with E-state index in [1.165, 1.54) is 0 Å². The Kier molecular flexibility index (Phi) is 2.93. The third-order valence-electron chi connectivity index (χ3n) is 9.17. The zero-order chi connectivity index (χ0) is 17.7. The first-order valence-corrected chi connectivity index (χ1v) is 9.50. The number of hydrogen-bond donors (Lipinski definition) is 0. The van der Waals surface area contributed by atoms with Crippen LogP contribution in [0.5, 0.6) is 0 Å². The molecule has 0 aromatic carbocycles. The molecule has 4 atom stereocenters. The first-order valence-electron chi connectivity index (χ1n) is 9.50. The van der Waals surface area contributed by atoms with E-state index >= 15 is 0 Å². The minimum atomic E-state index is -0.216. The van der Waals surface area contributed by atoms with Crippen molar-refractivity contribution in [1.29, 1.82) is 0 Å². The molecule has 0 unspecified atom stereocenters. The molecule has 0 amide bonds. The highest BCUT2D eigenvalue weighted by molar-refractivity contribution is 6.07. The highest BCUT2D eigenvalue weighted by atomic mass is 16.1. The van der Waals surface area contributed by atoms with Crippen molar-refractivity contribution in [2.45, 2.75) is 67.2 Å².